The third kappa shape index (κ3) is 3.34. The van der Waals surface area contributed by atoms with Crippen LogP contribution in [0.5, 0.6) is 0 Å². The molecule has 2 N–H and O–H groups in total. The van der Waals surface area contributed by atoms with Crippen LogP contribution in [-0.2, 0) is 6.18 Å². The molecule has 1 unspecified atom stereocenters. The molecule has 20 heavy (non-hydrogen) atoms. The van der Waals surface area contributed by atoms with Gasteiger partial charge in [-0.15, -0.1) is 0 Å². The summed E-state index contributed by atoms with van der Waals surface area (Å²) in [6.45, 7) is 0. The van der Waals surface area contributed by atoms with Crippen LogP contribution in [0.25, 0.3) is 0 Å². The topological polar surface area (TPSA) is 26.0 Å². The first-order chi connectivity index (χ1) is 9.29. The number of rotatable bonds is 2. The molecule has 6 heteroatoms. The van der Waals surface area contributed by atoms with Crippen molar-refractivity contribution in [2.75, 3.05) is 0 Å². The smallest absolute Gasteiger partial charge is 0.320 e. The lowest BCUT2D eigenvalue weighted by atomic mass is 9.98. The Morgan fingerprint density at radius 1 is 1.05 bits per heavy atom. The summed E-state index contributed by atoms with van der Waals surface area (Å²) >= 11 is 9.22. The number of benzene rings is 2. The fraction of sp³-hybridized carbons (Fsp3) is 0.143. The van der Waals surface area contributed by atoms with Crippen LogP contribution in [0, 0.1) is 0 Å². The zero-order chi connectivity index (χ0) is 14.9. The molecule has 0 radical (unpaired) electrons. The standard InChI is InChI=1S/C14H10BrClF3N/c15-11-5-4-9(7-12(11)16)13(20)8-2-1-3-10(6-8)14(17,18)19/h1-7,13H,20H2. The quantitative estimate of drug-likeness (QED) is 0.782. The van der Waals surface area contributed by atoms with Crippen LogP contribution in [0.4, 0.5) is 13.2 Å². The molecule has 0 aliphatic carbocycles. The first-order valence-electron chi connectivity index (χ1n) is 5.66. The van der Waals surface area contributed by atoms with Gasteiger partial charge in [-0.25, -0.2) is 0 Å². The second-order valence-electron chi connectivity index (χ2n) is 4.27. The molecule has 2 rings (SSSR count). The number of hydrogen-bond donors (Lipinski definition) is 1. The van der Waals surface area contributed by atoms with Gasteiger partial charge < -0.3 is 5.73 Å². The molecule has 0 spiro atoms. The normalized spacial score (nSPS) is 13.3. The molecule has 0 heterocycles. The highest BCUT2D eigenvalue weighted by molar-refractivity contribution is 9.10. The van der Waals surface area contributed by atoms with Crippen molar-refractivity contribution in [2.45, 2.75) is 12.2 Å². The number of hydrogen-bond acceptors (Lipinski definition) is 1. The second-order valence-corrected chi connectivity index (χ2v) is 5.54. The van der Waals surface area contributed by atoms with Crippen molar-refractivity contribution < 1.29 is 13.2 Å². The Morgan fingerprint density at radius 3 is 2.30 bits per heavy atom. The Bertz CT molecular complexity index is 628. The Labute approximate surface area is 127 Å². The monoisotopic (exact) mass is 363 g/mol. The van der Waals surface area contributed by atoms with Crippen LogP contribution in [0.15, 0.2) is 46.9 Å². The van der Waals surface area contributed by atoms with E-state index >= 15 is 0 Å². The highest BCUT2D eigenvalue weighted by Crippen LogP contribution is 2.32. The van der Waals surface area contributed by atoms with Crippen molar-refractivity contribution in [3.63, 3.8) is 0 Å². The summed E-state index contributed by atoms with van der Waals surface area (Å²) < 4.78 is 38.8. The fourth-order valence-corrected chi connectivity index (χ4v) is 2.24. The fourth-order valence-electron chi connectivity index (χ4n) is 1.81. The van der Waals surface area contributed by atoms with E-state index in [0.29, 0.717) is 20.6 Å². The van der Waals surface area contributed by atoms with Crippen LogP contribution in [0.2, 0.25) is 5.02 Å². The molecule has 0 aliphatic heterocycles. The van der Waals surface area contributed by atoms with Gasteiger partial charge >= 0.3 is 6.18 Å². The third-order valence-electron chi connectivity index (χ3n) is 2.88. The Morgan fingerprint density at radius 2 is 1.70 bits per heavy atom. The van der Waals surface area contributed by atoms with Gasteiger partial charge in [0.15, 0.2) is 0 Å². The first-order valence-corrected chi connectivity index (χ1v) is 6.84. The maximum Gasteiger partial charge on any atom is 0.416 e. The zero-order valence-electron chi connectivity index (χ0n) is 10.1. The van der Waals surface area contributed by atoms with Crippen molar-refractivity contribution in [3.05, 3.63) is 68.7 Å². The van der Waals surface area contributed by atoms with E-state index in [4.69, 9.17) is 17.3 Å². The minimum absolute atomic E-state index is 0.387. The summed E-state index contributed by atoms with van der Waals surface area (Å²) in [5, 5.41) is 0.463. The molecule has 0 saturated heterocycles. The Hall–Kier alpha value is -1.04. The summed E-state index contributed by atoms with van der Waals surface area (Å²) in [6, 6.07) is 9.39. The highest BCUT2D eigenvalue weighted by Gasteiger charge is 2.30. The molecular weight excluding hydrogens is 355 g/mol. The van der Waals surface area contributed by atoms with Gasteiger partial charge in [0.05, 0.1) is 16.6 Å². The molecule has 1 atom stereocenters. The minimum Gasteiger partial charge on any atom is -0.320 e. The SMILES string of the molecule is NC(c1cccc(C(F)(F)F)c1)c1ccc(Br)c(Cl)c1. The van der Waals surface area contributed by atoms with E-state index < -0.39 is 17.8 Å². The van der Waals surface area contributed by atoms with Gasteiger partial charge in [0.2, 0.25) is 0 Å². The lowest BCUT2D eigenvalue weighted by Gasteiger charge is -2.15. The molecular formula is C14H10BrClF3N. The van der Waals surface area contributed by atoms with Gasteiger partial charge in [0.1, 0.15) is 0 Å². The molecule has 0 fully saturated rings. The van der Waals surface area contributed by atoms with Gasteiger partial charge in [0.25, 0.3) is 0 Å². The third-order valence-corrected chi connectivity index (χ3v) is 4.11. The van der Waals surface area contributed by atoms with Crippen LogP contribution in [-0.4, -0.2) is 0 Å². The van der Waals surface area contributed by atoms with Crippen molar-refractivity contribution in [3.8, 4) is 0 Å². The van der Waals surface area contributed by atoms with Crippen LogP contribution < -0.4 is 5.73 Å². The maximum atomic E-state index is 12.7. The summed E-state index contributed by atoms with van der Waals surface area (Å²) in [6.07, 6.45) is -4.38. The van der Waals surface area contributed by atoms with E-state index in [1.165, 1.54) is 6.07 Å². The molecule has 0 saturated carbocycles. The van der Waals surface area contributed by atoms with Gasteiger partial charge in [-0.3, -0.25) is 0 Å². The van der Waals surface area contributed by atoms with Gasteiger partial charge in [-0.2, -0.15) is 13.2 Å². The molecule has 0 amide bonds. The number of nitrogens with two attached hydrogens (primary N) is 1. The molecule has 2 aromatic rings. The molecule has 0 aromatic heterocycles. The summed E-state index contributed by atoms with van der Waals surface area (Å²) in [7, 11) is 0. The molecule has 0 aliphatic rings. The van der Waals surface area contributed by atoms with E-state index in [2.05, 4.69) is 15.9 Å². The molecule has 106 valence electrons. The van der Waals surface area contributed by atoms with Gasteiger partial charge in [-0.1, -0.05) is 29.8 Å². The van der Waals surface area contributed by atoms with Gasteiger partial charge in [0, 0.05) is 4.47 Å². The van der Waals surface area contributed by atoms with E-state index in [1.54, 1.807) is 24.3 Å². The average molecular weight is 365 g/mol. The van der Waals surface area contributed by atoms with Crippen LogP contribution in [0.3, 0.4) is 0 Å². The average Bonchev–Trinajstić information content (AvgIpc) is 2.40. The highest BCUT2D eigenvalue weighted by atomic mass is 79.9. The van der Waals surface area contributed by atoms with E-state index in [-0.39, 0.29) is 0 Å². The predicted molar refractivity (Wildman–Crippen MR) is 76.6 cm³/mol. The Kier molecular flexibility index (Phi) is 4.42. The largest absolute Gasteiger partial charge is 0.416 e. The van der Waals surface area contributed by atoms with Crippen molar-refractivity contribution in [2.24, 2.45) is 5.73 Å². The second kappa shape index (κ2) is 5.76. The lowest BCUT2D eigenvalue weighted by molar-refractivity contribution is -0.137. The summed E-state index contributed by atoms with van der Waals surface area (Å²) in [5.74, 6) is 0. The minimum atomic E-state index is -4.38. The number of alkyl halides is 3. The van der Waals surface area contributed by atoms with Crippen molar-refractivity contribution >= 4 is 27.5 Å². The van der Waals surface area contributed by atoms with E-state index in [0.717, 1.165) is 12.1 Å². The number of halogens is 5. The summed E-state index contributed by atoms with van der Waals surface area (Å²) in [4.78, 5) is 0. The first kappa shape index (κ1) is 15.4. The summed E-state index contributed by atoms with van der Waals surface area (Å²) in [5.41, 5.74) is 6.33. The zero-order valence-corrected chi connectivity index (χ0v) is 12.4. The molecule has 0 bridgehead atoms. The molecule has 2 aromatic carbocycles. The van der Waals surface area contributed by atoms with Crippen molar-refractivity contribution in [1.82, 2.24) is 0 Å². The van der Waals surface area contributed by atoms with Crippen LogP contribution in [0.1, 0.15) is 22.7 Å². The van der Waals surface area contributed by atoms with Gasteiger partial charge in [-0.05, 0) is 51.3 Å². The predicted octanol–water partition coefficient (Wildman–Crippen LogP) is 5.17. The molecule has 1 nitrogen and oxygen atoms in total. The van der Waals surface area contributed by atoms with E-state index in [1.807, 2.05) is 0 Å². The maximum absolute atomic E-state index is 12.7. The van der Waals surface area contributed by atoms with Crippen LogP contribution >= 0.6 is 27.5 Å². The Balaban J connectivity index is 2.38. The lowest BCUT2D eigenvalue weighted by Crippen LogP contribution is -2.13. The van der Waals surface area contributed by atoms with Crippen molar-refractivity contribution in [1.29, 1.82) is 0 Å². The van der Waals surface area contributed by atoms with E-state index in [9.17, 15) is 13.2 Å².